The van der Waals surface area contributed by atoms with Crippen LogP contribution in [-0.2, 0) is 6.18 Å². The van der Waals surface area contributed by atoms with E-state index in [0.717, 1.165) is 27.9 Å². The number of aryl methyl sites for hydroxylation is 1. The van der Waals surface area contributed by atoms with Crippen LogP contribution in [0.1, 0.15) is 45.8 Å². The number of thiazole rings is 1. The fourth-order valence-electron chi connectivity index (χ4n) is 4.27. The van der Waals surface area contributed by atoms with Gasteiger partial charge in [-0.3, -0.25) is 4.79 Å². The van der Waals surface area contributed by atoms with Crippen LogP contribution in [0.4, 0.5) is 13.2 Å². The molecule has 4 aromatic rings. The third kappa shape index (κ3) is 4.00. The molecular weight excluding hydrogens is 473 g/mol. The Bertz CT molecular complexity index is 1360. The van der Waals surface area contributed by atoms with E-state index in [4.69, 9.17) is 11.6 Å². The number of hydrogen-bond acceptors (Lipinski definition) is 4. The van der Waals surface area contributed by atoms with Gasteiger partial charge in [0, 0.05) is 11.6 Å². The quantitative estimate of drug-likeness (QED) is 0.350. The maximum atomic E-state index is 13.6. The fraction of sp³-hybridized carbons (Fsp3) is 0.261. The molecule has 1 aliphatic heterocycles. The Kier molecular flexibility index (Phi) is 5.41. The van der Waals surface area contributed by atoms with Crippen LogP contribution < -0.4 is 0 Å². The number of carbonyl (C=O) groups is 1. The molecule has 33 heavy (non-hydrogen) atoms. The number of benzene rings is 2. The van der Waals surface area contributed by atoms with Crippen LogP contribution in [0.3, 0.4) is 0 Å². The Labute approximate surface area is 196 Å². The number of halogens is 4. The molecule has 1 saturated heterocycles. The normalized spacial score (nSPS) is 16.6. The molecular formula is C23H18ClF3N4OS. The van der Waals surface area contributed by atoms with Crippen LogP contribution >= 0.6 is 22.9 Å². The Morgan fingerprint density at radius 1 is 1.21 bits per heavy atom. The van der Waals surface area contributed by atoms with E-state index in [0.29, 0.717) is 35.0 Å². The number of imidazole rings is 1. The lowest BCUT2D eigenvalue weighted by molar-refractivity contribution is -0.136. The molecule has 0 spiro atoms. The molecule has 1 fully saturated rings. The minimum absolute atomic E-state index is 0.136. The summed E-state index contributed by atoms with van der Waals surface area (Å²) in [7, 11) is 0. The lowest BCUT2D eigenvalue weighted by Crippen LogP contribution is -2.31. The predicted octanol–water partition coefficient (Wildman–Crippen LogP) is 6.64. The molecule has 5 rings (SSSR count). The first kappa shape index (κ1) is 21.9. The first-order chi connectivity index (χ1) is 15.7. The van der Waals surface area contributed by atoms with Gasteiger partial charge in [0.15, 0.2) is 0 Å². The second-order valence-corrected chi connectivity index (χ2v) is 9.54. The SMILES string of the molecule is Cc1nc(C(=O)N2CCCC2c2nc3c(C(F)(F)F)cccc3[nH]2)c(-c2cccc(Cl)c2)s1. The van der Waals surface area contributed by atoms with E-state index in [1.165, 1.54) is 17.4 Å². The number of nitrogens with one attached hydrogen (secondary N) is 1. The lowest BCUT2D eigenvalue weighted by Gasteiger charge is -2.23. The van der Waals surface area contributed by atoms with Gasteiger partial charge in [-0.2, -0.15) is 13.2 Å². The highest BCUT2D eigenvalue weighted by Crippen LogP contribution is 2.39. The molecule has 1 amide bonds. The van der Waals surface area contributed by atoms with E-state index in [1.807, 2.05) is 19.1 Å². The van der Waals surface area contributed by atoms with Crippen LogP contribution in [0.25, 0.3) is 21.5 Å². The van der Waals surface area contributed by atoms with Gasteiger partial charge in [-0.05, 0) is 49.6 Å². The average Bonchev–Trinajstić information content (AvgIpc) is 3.49. The molecule has 2 aromatic heterocycles. The minimum atomic E-state index is -4.51. The van der Waals surface area contributed by atoms with E-state index >= 15 is 0 Å². The number of likely N-dealkylation sites (tertiary alicyclic amines) is 1. The maximum Gasteiger partial charge on any atom is 0.418 e. The summed E-state index contributed by atoms with van der Waals surface area (Å²) >= 11 is 7.55. The van der Waals surface area contributed by atoms with Crippen molar-refractivity contribution in [3.63, 3.8) is 0 Å². The summed E-state index contributed by atoms with van der Waals surface area (Å²) in [6.07, 6.45) is -3.20. The summed E-state index contributed by atoms with van der Waals surface area (Å²) in [4.78, 5) is 27.7. The molecule has 2 aromatic carbocycles. The third-order valence-electron chi connectivity index (χ3n) is 5.69. The summed E-state index contributed by atoms with van der Waals surface area (Å²) in [5.41, 5.74) is 0.480. The molecule has 5 nitrogen and oxygen atoms in total. The van der Waals surface area contributed by atoms with Crippen LogP contribution in [0.5, 0.6) is 0 Å². The van der Waals surface area contributed by atoms with E-state index in [-0.39, 0.29) is 11.4 Å². The van der Waals surface area contributed by atoms with Gasteiger partial charge in [-0.15, -0.1) is 11.3 Å². The van der Waals surface area contributed by atoms with Gasteiger partial charge >= 0.3 is 6.18 Å². The Hall–Kier alpha value is -2.91. The fourth-order valence-corrected chi connectivity index (χ4v) is 5.36. The zero-order chi connectivity index (χ0) is 23.3. The van der Waals surface area contributed by atoms with Crippen molar-refractivity contribution in [2.45, 2.75) is 32.0 Å². The van der Waals surface area contributed by atoms with E-state index in [2.05, 4.69) is 15.0 Å². The Balaban J connectivity index is 1.52. The van der Waals surface area contributed by atoms with Gasteiger partial charge in [0.1, 0.15) is 17.0 Å². The first-order valence-corrected chi connectivity index (χ1v) is 11.5. The van der Waals surface area contributed by atoms with Gasteiger partial charge in [-0.1, -0.05) is 29.8 Å². The third-order valence-corrected chi connectivity index (χ3v) is 6.94. The number of fused-ring (bicyclic) bond motifs is 1. The highest BCUT2D eigenvalue weighted by molar-refractivity contribution is 7.15. The maximum absolute atomic E-state index is 13.6. The number of amides is 1. The summed E-state index contributed by atoms with van der Waals surface area (Å²) in [6.45, 7) is 2.30. The number of rotatable bonds is 3. The molecule has 10 heteroatoms. The molecule has 170 valence electrons. The molecule has 0 aliphatic carbocycles. The standard InChI is InChI=1S/C23H18ClF3N4OS/c1-12-28-19(20(33-12)13-5-2-6-14(24)11-13)22(32)31-10-4-9-17(31)21-29-16-8-3-7-15(18(16)30-21)23(25,26)27/h2-3,5-8,11,17H,4,9-10H2,1H3,(H,29,30). The average molecular weight is 491 g/mol. The smallest absolute Gasteiger partial charge is 0.340 e. The summed E-state index contributed by atoms with van der Waals surface area (Å²) in [5, 5.41) is 1.29. The van der Waals surface area contributed by atoms with Gasteiger partial charge in [0.2, 0.25) is 0 Å². The van der Waals surface area contributed by atoms with Crippen molar-refractivity contribution in [3.05, 3.63) is 69.6 Å². The Morgan fingerprint density at radius 2 is 2.00 bits per heavy atom. The number of H-pyrrole nitrogens is 1. The highest BCUT2D eigenvalue weighted by Gasteiger charge is 2.37. The zero-order valence-corrected chi connectivity index (χ0v) is 19.0. The molecule has 0 saturated carbocycles. The number of aromatic amines is 1. The summed E-state index contributed by atoms with van der Waals surface area (Å²) < 4.78 is 40.3. The van der Waals surface area contributed by atoms with Crippen LogP contribution in [0.15, 0.2) is 42.5 Å². The van der Waals surface area contributed by atoms with Crippen molar-refractivity contribution >= 4 is 39.9 Å². The number of alkyl halides is 3. The predicted molar refractivity (Wildman–Crippen MR) is 121 cm³/mol. The van der Waals surface area contributed by atoms with Crippen LogP contribution in [-0.4, -0.2) is 32.3 Å². The van der Waals surface area contributed by atoms with E-state index in [9.17, 15) is 18.0 Å². The zero-order valence-electron chi connectivity index (χ0n) is 17.4. The summed E-state index contributed by atoms with van der Waals surface area (Å²) in [5.74, 6) is 0.0807. The second-order valence-electron chi connectivity index (χ2n) is 7.90. The molecule has 0 radical (unpaired) electrons. The van der Waals surface area contributed by atoms with Crippen molar-refractivity contribution in [2.75, 3.05) is 6.54 Å². The van der Waals surface area contributed by atoms with Crippen molar-refractivity contribution in [1.82, 2.24) is 19.9 Å². The lowest BCUT2D eigenvalue weighted by atomic mass is 10.1. The highest BCUT2D eigenvalue weighted by atomic mass is 35.5. The number of aromatic nitrogens is 3. The topological polar surface area (TPSA) is 61.9 Å². The molecule has 3 heterocycles. The van der Waals surface area contributed by atoms with Crippen molar-refractivity contribution in [2.24, 2.45) is 0 Å². The number of carbonyl (C=O) groups excluding carboxylic acids is 1. The monoisotopic (exact) mass is 490 g/mol. The first-order valence-electron chi connectivity index (χ1n) is 10.3. The molecule has 1 aliphatic rings. The van der Waals surface area contributed by atoms with Gasteiger partial charge in [0.25, 0.3) is 5.91 Å². The Morgan fingerprint density at radius 3 is 2.76 bits per heavy atom. The number of hydrogen-bond donors (Lipinski definition) is 1. The molecule has 1 atom stereocenters. The van der Waals surface area contributed by atoms with E-state index < -0.39 is 17.8 Å². The van der Waals surface area contributed by atoms with Gasteiger partial charge in [-0.25, -0.2) is 9.97 Å². The van der Waals surface area contributed by atoms with Crippen molar-refractivity contribution < 1.29 is 18.0 Å². The van der Waals surface area contributed by atoms with Crippen molar-refractivity contribution in [1.29, 1.82) is 0 Å². The molecule has 0 bridgehead atoms. The van der Waals surface area contributed by atoms with E-state index in [1.54, 1.807) is 23.1 Å². The number of nitrogens with zero attached hydrogens (tertiary/aromatic N) is 3. The minimum Gasteiger partial charge on any atom is -0.340 e. The molecule has 1 N–H and O–H groups in total. The van der Waals surface area contributed by atoms with Gasteiger partial charge in [0.05, 0.1) is 27.0 Å². The van der Waals surface area contributed by atoms with Gasteiger partial charge < -0.3 is 9.88 Å². The summed E-state index contributed by atoms with van der Waals surface area (Å²) in [6, 6.07) is 10.7. The van der Waals surface area contributed by atoms with Crippen molar-refractivity contribution in [3.8, 4) is 10.4 Å². The molecule has 1 unspecified atom stereocenters. The van der Waals surface area contributed by atoms with Crippen LogP contribution in [0.2, 0.25) is 5.02 Å². The number of para-hydroxylation sites is 1. The largest absolute Gasteiger partial charge is 0.418 e. The second kappa shape index (κ2) is 8.14. The van der Waals surface area contributed by atoms with Crippen LogP contribution in [0, 0.1) is 6.92 Å².